The Morgan fingerprint density at radius 1 is 1.19 bits per heavy atom. The lowest BCUT2D eigenvalue weighted by Gasteiger charge is -2.08. The normalized spacial score (nSPS) is 10.9. The molecule has 0 saturated heterocycles. The summed E-state index contributed by atoms with van der Waals surface area (Å²) in [5, 5.41) is 26.3. The summed E-state index contributed by atoms with van der Waals surface area (Å²) in [7, 11) is 0. The third-order valence-corrected chi connectivity index (χ3v) is 3.09. The second-order valence-corrected chi connectivity index (χ2v) is 4.46. The molecule has 2 rings (SSSR count). The van der Waals surface area contributed by atoms with Crippen LogP contribution in [0.25, 0.3) is 0 Å². The molecular formula is C13H11ClN4O3. The first kappa shape index (κ1) is 14.6. The summed E-state index contributed by atoms with van der Waals surface area (Å²) in [5.74, 6) is -1.37. The number of nitrogens with zero attached hydrogens (tertiary/aromatic N) is 2. The number of phenols is 1. The van der Waals surface area contributed by atoms with Crippen LogP contribution >= 0.6 is 11.6 Å². The van der Waals surface area contributed by atoms with E-state index < -0.39 is 5.97 Å². The number of hydrogen-bond acceptors (Lipinski definition) is 6. The maximum absolute atomic E-state index is 11.2. The number of carbonyl (C=O) groups is 1. The minimum Gasteiger partial charge on any atom is -0.506 e. The number of carboxylic acids is 1. The molecule has 0 amide bonds. The smallest absolute Gasteiger partial charge is 0.338 e. The lowest BCUT2D eigenvalue weighted by atomic mass is 10.1. The van der Waals surface area contributed by atoms with E-state index in [4.69, 9.17) is 28.2 Å². The highest BCUT2D eigenvalue weighted by atomic mass is 35.5. The van der Waals surface area contributed by atoms with Crippen molar-refractivity contribution in [3.05, 3.63) is 40.9 Å². The fourth-order valence-corrected chi connectivity index (χ4v) is 1.76. The average molecular weight is 307 g/mol. The zero-order valence-corrected chi connectivity index (χ0v) is 11.4. The van der Waals surface area contributed by atoms with Gasteiger partial charge < -0.3 is 21.7 Å². The average Bonchev–Trinajstić information content (AvgIpc) is 2.45. The number of aromatic carboxylic acids is 1. The van der Waals surface area contributed by atoms with E-state index in [1.54, 1.807) is 12.1 Å². The van der Waals surface area contributed by atoms with Crippen LogP contribution in [0.1, 0.15) is 10.4 Å². The Morgan fingerprint density at radius 2 is 1.86 bits per heavy atom. The van der Waals surface area contributed by atoms with Gasteiger partial charge >= 0.3 is 5.97 Å². The minimum absolute atomic E-state index is 0.00577. The molecule has 8 heteroatoms. The number of azo groups is 1. The number of benzene rings is 2. The van der Waals surface area contributed by atoms with Crippen molar-refractivity contribution in [1.29, 1.82) is 0 Å². The number of phenolic OH excluding ortho intramolecular Hbond substituents is 1. The molecule has 7 nitrogen and oxygen atoms in total. The number of para-hydroxylation sites is 1. The van der Waals surface area contributed by atoms with Crippen LogP contribution in [-0.4, -0.2) is 16.2 Å². The predicted molar refractivity (Wildman–Crippen MR) is 79.5 cm³/mol. The molecule has 21 heavy (non-hydrogen) atoms. The lowest BCUT2D eigenvalue weighted by molar-refractivity contribution is 0.0698. The molecule has 2 aromatic carbocycles. The number of carboxylic acid groups (broad SMARTS) is 1. The van der Waals surface area contributed by atoms with Crippen molar-refractivity contribution in [2.45, 2.75) is 0 Å². The first-order valence-corrected chi connectivity index (χ1v) is 6.10. The summed E-state index contributed by atoms with van der Waals surface area (Å²) in [4.78, 5) is 11.2. The topological polar surface area (TPSA) is 134 Å². The number of rotatable bonds is 3. The van der Waals surface area contributed by atoms with Gasteiger partial charge in [-0.15, -0.1) is 10.2 Å². The molecule has 0 heterocycles. The molecular weight excluding hydrogens is 296 g/mol. The van der Waals surface area contributed by atoms with Crippen LogP contribution < -0.4 is 11.5 Å². The third-order valence-electron chi connectivity index (χ3n) is 2.67. The quantitative estimate of drug-likeness (QED) is 0.509. The highest BCUT2D eigenvalue weighted by Crippen LogP contribution is 2.39. The Kier molecular flexibility index (Phi) is 3.95. The molecule has 0 aliphatic carbocycles. The summed E-state index contributed by atoms with van der Waals surface area (Å²) in [6.07, 6.45) is 0. The first-order valence-electron chi connectivity index (χ1n) is 5.72. The second-order valence-electron chi connectivity index (χ2n) is 4.08. The minimum atomic E-state index is -1.27. The van der Waals surface area contributed by atoms with Crippen molar-refractivity contribution >= 4 is 40.3 Å². The number of aromatic hydroxyl groups is 1. The summed E-state index contributed by atoms with van der Waals surface area (Å²) >= 11 is 5.88. The molecule has 0 radical (unpaired) electrons. The fourth-order valence-electron chi connectivity index (χ4n) is 1.62. The van der Waals surface area contributed by atoms with Crippen LogP contribution in [0.5, 0.6) is 5.75 Å². The summed E-state index contributed by atoms with van der Waals surface area (Å²) in [6.45, 7) is 0. The van der Waals surface area contributed by atoms with Crippen LogP contribution in [0.2, 0.25) is 5.02 Å². The van der Waals surface area contributed by atoms with E-state index in [9.17, 15) is 9.90 Å². The Morgan fingerprint density at radius 3 is 2.48 bits per heavy atom. The Bertz CT molecular complexity index is 746. The van der Waals surface area contributed by atoms with Crippen LogP contribution in [0.4, 0.5) is 22.7 Å². The molecule has 6 N–H and O–H groups in total. The molecule has 0 spiro atoms. The highest BCUT2D eigenvalue weighted by molar-refractivity contribution is 6.36. The van der Waals surface area contributed by atoms with Gasteiger partial charge in [0, 0.05) is 0 Å². The lowest BCUT2D eigenvalue weighted by Crippen LogP contribution is -2.02. The SMILES string of the molecule is Nc1cc(C(=O)O)c(N=Nc2ccccc2O)c(N)c1Cl. The first-order chi connectivity index (χ1) is 9.91. The van der Waals surface area contributed by atoms with Crippen molar-refractivity contribution in [1.82, 2.24) is 0 Å². The Labute approximate surface area is 124 Å². The standard InChI is InChI=1S/C13H11ClN4O3/c14-10-7(15)5-6(13(20)21)12(11(10)16)18-17-8-3-1-2-4-9(8)19/h1-5,19H,15-16H2,(H,20,21). The van der Waals surface area contributed by atoms with Gasteiger partial charge in [-0.2, -0.15) is 0 Å². The molecule has 0 aromatic heterocycles. The molecule has 0 fully saturated rings. The summed E-state index contributed by atoms with van der Waals surface area (Å²) in [5.41, 5.74) is 11.1. The van der Waals surface area contributed by atoms with E-state index in [1.165, 1.54) is 12.1 Å². The molecule has 0 unspecified atom stereocenters. The molecule has 0 aliphatic rings. The number of halogens is 1. The van der Waals surface area contributed by atoms with Crippen molar-refractivity contribution < 1.29 is 15.0 Å². The van der Waals surface area contributed by atoms with Crippen molar-refractivity contribution in [2.24, 2.45) is 10.2 Å². The predicted octanol–water partition coefficient (Wildman–Crippen LogP) is 3.32. The maximum Gasteiger partial charge on any atom is 0.338 e. The fraction of sp³-hybridized carbons (Fsp3) is 0. The van der Waals surface area contributed by atoms with Crippen molar-refractivity contribution in [3.8, 4) is 5.75 Å². The van der Waals surface area contributed by atoms with Gasteiger partial charge in [0.1, 0.15) is 17.1 Å². The van der Waals surface area contributed by atoms with Crippen molar-refractivity contribution in [3.63, 3.8) is 0 Å². The van der Waals surface area contributed by atoms with Gasteiger partial charge in [0.15, 0.2) is 0 Å². The monoisotopic (exact) mass is 306 g/mol. The van der Waals surface area contributed by atoms with E-state index in [0.29, 0.717) is 0 Å². The van der Waals surface area contributed by atoms with E-state index in [-0.39, 0.29) is 39.1 Å². The molecule has 0 atom stereocenters. The molecule has 108 valence electrons. The summed E-state index contributed by atoms with van der Waals surface area (Å²) in [6, 6.07) is 7.34. The Balaban J connectivity index is 2.56. The third kappa shape index (κ3) is 2.87. The van der Waals surface area contributed by atoms with Gasteiger partial charge in [-0.25, -0.2) is 4.79 Å². The van der Waals surface area contributed by atoms with E-state index in [1.807, 2.05) is 0 Å². The van der Waals surface area contributed by atoms with E-state index >= 15 is 0 Å². The van der Waals surface area contributed by atoms with Crippen LogP contribution in [0.15, 0.2) is 40.6 Å². The zero-order chi connectivity index (χ0) is 15.6. The van der Waals surface area contributed by atoms with E-state index in [2.05, 4.69) is 10.2 Å². The number of nitrogen functional groups attached to an aromatic ring is 2. The Hall–Kier alpha value is -2.80. The second kappa shape index (κ2) is 5.68. The van der Waals surface area contributed by atoms with Gasteiger partial charge in [-0.05, 0) is 18.2 Å². The van der Waals surface area contributed by atoms with Gasteiger partial charge in [-0.1, -0.05) is 23.7 Å². The summed E-state index contributed by atoms with van der Waals surface area (Å²) < 4.78 is 0. The number of hydrogen-bond donors (Lipinski definition) is 4. The molecule has 0 saturated carbocycles. The molecule has 0 aliphatic heterocycles. The number of nitrogens with two attached hydrogens (primary N) is 2. The zero-order valence-electron chi connectivity index (χ0n) is 10.6. The van der Waals surface area contributed by atoms with Gasteiger partial charge in [0.25, 0.3) is 0 Å². The van der Waals surface area contributed by atoms with Crippen LogP contribution in [-0.2, 0) is 0 Å². The van der Waals surface area contributed by atoms with Gasteiger partial charge in [-0.3, -0.25) is 0 Å². The molecule has 2 aromatic rings. The number of anilines is 2. The van der Waals surface area contributed by atoms with Crippen LogP contribution in [0.3, 0.4) is 0 Å². The largest absolute Gasteiger partial charge is 0.506 e. The van der Waals surface area contributed by atoms with Gasteiger partial charge in [0.05, 0.1) is 22.0 Å². The molecule has 0 bridgehead atoms. The van der Waals surface area contributed by atoms with Crippen molar-refractivity contribution in [2.75, 3.05) is 11.5 Å². The maximum atomic E-state index is 11.2. The highest BCUT2D eigenvalue weighted by Gasteiger charge is 2.18. The van der Waals surface area contributed by atoms with E-state index in [0.717, 1.165) is 6.07 Å². The van der Waals surface area contributed by atoms with Gasteiger partial charge in [0.2, 0.25) is 0 Å². The van der Waals surface area contributed by atoms with Crippen LogP contribution in [0, 0.1) is 0 Å².